The molecule has 1 saturated heterocycles. The van der Waals surface area contributed by atoms with Gasteiger partial charge in [0, 0.05) is 25.4 Å². The molecule has 0 aliphatic carbocycles. The third-order valence-electron chi connectivity index (χ3n) is 5.94. The molecule has 0 atom stereocenters. The van der Waals surface area contributed by atoms with Crippen LogP contribution in [0.1, 0.15) is 36.3 Å². The minimum atomic E-state index is -3.60. The number of amides is 1. The molecule has 6 nitrogen and oxygen atoms in total. The maximum Gasteiger partial charge on any atom is 0.243 e. The first kappa shape index (κ1) is 23.0. The molecule has 0 unspecified atom stereocenters. The molecule has 1 aliphatic heterocycles. The van der Waals surface area contributed by atoms with Gasteiger partial charge in [-0.3, -0.25) is 4.79 Å². The highest BCUT2D eigenvalue weighted by Crippen LogP contribution is 2.32. The van der Waals surface area contributed by atoms with E-state index in [0.717, 1.165) is 24.0 Å². The summed E-state index contributed by atoms with van der Waals surface area (Å²) in [5.41, 5.74) is 2.43. The number of rotatable bonds is 8. The number of anilines is 1. The van der Waals surface area contributed by atoms with E-state index < -0.39 is 10.0 Å². The summed E-state index contributed by atoms with van der Waals surface area (Å²) in [5, 5.41) is 2.89. The van der Waals surface area contributed by atoms with Crippen LogP contribution in [0, 0.1) is 0 Å². The first-order chi connectivity index (χ1) is 16.0. The molecule has 172 valence electrons. The van der Waals surface area contributed by atoms with Gasteiger partial charge in [-0.25, -0.2) is 8.42 Å². The van der Waals surface area contributed by atoms with E-state index >= 15 is 0 Å². The van der Waals surface area contributed by atoms with Gasteiger partial charge < -0.3 is 10.1 Å². The number of hydrogen-bond acceptors (Lipinski definition) is 4. The van der Waals surface area contributed by atoms with E-state index in [0.29, 0.717) is 24.5 Å². The van der Waals surface area contributed by atoms with E-state index in [9.17, 15) is 13.2 Å². The van der Waals surface area contributed by atoms with Crippen molar-refractivity contribution < 1.29 is 17.9 Å². The molecule has 0 saturated carbocycles. The van der Waals surface area contributed by atoms with E-state index in [4.69, 9.17) is 4.74 Å². The van der Waals surface area contributed by atoms with Crippen LogP contribution in [0.3, 0.4) is 0 Å². The molecule has 33 heavy (non-hydrogen) atoms. The lowest BCUT2D eigenvalue weighted by atomic mass is 9.88. The van der Waals surface area contributed by atoms with Gasteiger partial charge in [0.1, 0.15) is 5.75 Å². The highest BCUT2D eigenvalue weighted by Gasteiger charge is 2.28. The highest BCUT2D eigenvalue weighted by molar-refractivity contribution is 7.89. The van der Waals surface area contributed by atoms with Crippen LogP contribution in [0.2, 0.25) is 0 Å². The van der Waals surface area contributed by atoms with Gasteiger partial charge in [-0.2, -0.15) is 4.31 Å². The van der Waals surface area contributed by atoms with Crippen molar-refractivity contribution in [3.63, 3.8) is 0 Å². The molecule has 1 heterocycles. The number of benzene rings is 3. The van der Waals surface area contributed by atoms with Gasteiger partial charge >= 0.3 is 0 Å². The fraction of sp³-hybridized carbons (Fsp3) is 0.269. The highest BCUT2D eigenvalue weighted by atomic mass is 32.2. The van der Waals surface area contributed by atoms with Crippen molar-refractivity contribution >= 4 is 21.6 Å². The SMILES string of the molecule is COc1ccc(S(=O)(=O)N2CCCC2)cc1NC(=O)CC(c1ccccc1)c1ccccc1. The lowest BCUT2D eigenvalue weighted by Crippen LogP contribution is -2.28. The Morgan fingerprint density at radius 3 is 2.06 bits per heavy atom. The number of carbonyl (C=O) groups is 1. The zero-order valence-electron chi connectivity index (χ0n) is 18.6. The third kappa shape index (κ3) is 5.26. The van der Waals surface area contributed by atoms with Crippen molar-refractivity contribution in [3.05, 3.63) is 90.0 Å². The molecule has 1 fully saturated rings. The van der Waals surface area contributed by atoms with Crippen molar-refractivity contribution in [1.29, 1.82) is 0 Å². The van der Waals surface area contributed by atoms with Crippen LogP contribution in [0.15, 0.2) is 83.8 Å². The molecule has 0 bridgehead atoms. The van der Waals surface area contributed by atoms with E-state index in [1.165, 1.54) is 23.5 Å². The monoisotopic (exact) mass is 464 g/mol. The van der Waals surface area contributed by atoms with Crippen molar-refractivity contribution in [1.82, 2.24) is 4.31 Å². The molecule has 1 aliphatic rings. The van der Waals surface area contributed by atoms with Crippen LogP contribution < -0.4 is 10.1 Å². The molecule has 4 rings (SSSR count). The Balaban J connectivity index is 1.59. The number of nitrogens with zero attached hydrogens (tertiary/aromatic N) is 1. The molecule has 3 aromatic rings. The van der Waals surface area contributed by atoms with E-state index in [-0.39, 0.29) is 23.1 Å². The Labute approximate surface area is 195 Å². The molecule has 3 aromatic carbocycles. The second kappa shape index (κ2) is 10.2. The van der Waals surface area contributed by atoms with Gasteiger partial charge in [0.2, 0.25) is 15.9 Å². The average molecular weight is 465 g/mol. The molecule has 1 amide bonds. The van der Waals surface area contributed by atoms with Crippen molar-refractivity contribution in [3.8, 4) is 5.75 Å². The first-order valence-electron chi connectivity index (χ1n) is 11.1. The molecular weight excluding hydrogens is 436 g/mol. The molecular formula is C26H28N2O4S. The molecule has 0 aromatic heterocycles. The van der Waals surface area contributed by atoms with Gasteiger partial charge in [-0.1, -0.05) is 60.7 Å². The second-order valence-corrected chi connectivity index (χ2v) is 10.0. The number of nitrogens with one attached hydrogen (secondary N) is 1. The maximum atomic E-state index is 13.1. The van der Waals surface area contributed by atoms with Gasteiger partial charge in [-0.15, -0.1) is 0 Å². The normalized spacial score (nSPS) is 14.4. The van der Waals surface area contributed by atoms with Crippen molar-refractivity contribution in [2.24, 2.45) is 0 Å². The molecule has 0 radical (unpaired) electrons. The van der Waals surface area contributed by atoms with Gasteiger partial charge in [0.05, 0.1) is 17.7 Å². The zero-order chi connectivity index (χ0) is 23.3. The van der Waals surface area contributed by atoms with Gasteiger partial charge in [0.15, 0.2) is 0 Å². The maximum absolute atomic E-state index is 13.1. The predicted molar refractivity (Wildman–Crippen MR) is 129 cm³/mol. The quantitative estimate of drug-likeness (QED) is 0.527. The Kier molecular flexibility index (Phi) is 7.11. The molecule has 7 heteroatoms. The van der Waals surface area contributed by atoms with Crippen molar-refractivity contribution in [2.75, 3.05) is 25.5 Å². The topological polar surface area (TPSA) is 75.7 Å². The van der Waals surface area contributed by atoms with Crippen LogP contribution in [0.25, 0.3) is 0 Å². The smallest absolute Gasteiger partial charge is 0.243 e. The Morgan fingerprint density at radius 1 is 0.939 bits per heavy atom. The summed E-state index contributed by atoms with van der Waals surface area (Å²) < 4.78 is 32.9. The minimum Gasteiger partial charge on any atom is -0.495 e. The molecule has 0 spiro atoms. The Morgan fingerprint density at radius 2 is 1.52 bits per heavy atom. The van der Waals surface area contributed by atoms with E-state index in [1.807, 2.05) is 60.7 Å². The third-order valence-corrected chi connectivity index (χ3v) is 7.84. The summed E-state index contributed by atoms with van der Waals surface area (Å²) in [6.07, 6.45) is 1.93. The average Bonchev–Trinajstić information content (AvgIpc) is 3.40. The Bertz CT molecular complexity index is 1150. The zero-order valence-corrected chi connectivity index (χ0v) is 19.4. The van der Waals surface area contributed by atoms with Gasteiger partial charge in [-0.05, 0) is 42.2 Å². The number of methoxy groups -OCH3 is 1. The summed E-state index contributed by atoms with van der Waals surface area (Å²) in [5.74, 6) is 0.0660. The number of carbonyl (C=O) groups excluding carboxylic acids is 1. The minimum absolute atomic E-state index is 0.130. The lowest BCUT2D eigenvalue weighted by Gasteiger charge is -2.20. The van der Waals surface area contributed by atoms with E-state index in [2.05, 4.69) is 5.32 Å². The van der Waals surface area contributed by atoms with Crippen LogP contribution in [-0.2, 0) is 14.8 Å². The summed E-state index contributed by atoms with van der Waals surface area (Å²) in [4.78, 5) is 13.3. The summed E-state index contributed by atoms with van der Waals surface area (Å²) in [6, 6.07) is 24.4. The standard InChI is InChI=1S/C26H28N2O4S/c1-32-25-15-14-22(33(30,31)28-16-8-9-17-28)18-24(25)27-26(29)19-23(20-10-4-2-5-11-20)21-12-6-3-7-13-21/h2-7,10-15,18,23H,8-9,16-17,19H2,1H3,(H,27,29). The largest absolute Gasteiger partial charge is 0.495 e. The number of hydrogen-bond donors (Lipinski definition) is 1. The van der Waals surface area contributed by atoms with Crippen molar-refractivity contribution in [2.45, 2.75) is 30.1 Å². The fourth-order valence-electron chi connectivity index (χ4n) is 4.21. The number of ether oxygens (including phenoxy) is 1. The fourth-order valence-corrected chi connectivity index (χ4v) is 5.75. The van der Waals surface area contributed by atoms with Crippen LogP contribution in [0.4, 0.5) is 5.69 Å². The van der Waals surface area contributed by atoms with Crippen LogP contribution >= 0.6 is 0 Å². The first-order valence-corrected chi connectivity index (χ1v) is 12.5. The van der Waals surface area contributed by atoms with Gasteiger partial charge in [0.25, 0.3) is 0 Å². The molecule has 1 N–H and O–H groups in total. The summed E-state index contributed by atoms with van der Waals surface area (Å²) in [7, 11) is -2.11. The summed E-state index contributed by atoms with van der Waals surface area (Å²) in [6.45, 7) is 1.04. The Hall–Kier alpha value is -3.16. The van der Waals surface area contributed by atoms with Crippen LogP contribution in [-0.4, -0.2) is 38.8 Å². The lowest BCUT2D eigenvalue weighted by molar-refractivity contribution is -0.116. The summed E-state index contributed by atoms with van der Waals surface area (Å²) >= 11 is 0. The van der Waals surface area contributed by atoms with Crippen LogP contribution in [0.5, 0.6) is 5.75 Å². The number of sulfonamides is 1. The predicted octanol–water partition coefficient (Wildman–Crippen LogP) is 4.64. The van der Waals surface area contributed by atoms with E-state index in [1.54, 1.807) is 6.07 Å². The second-order valence-electron chi connectivity index (χ2n) is 8.10.